The standard InChI is InChI=1S/C11H11NO3/c1-7(13)6-10-12-8-4-3-5-9(14-2)11(8)15-10/h3-5H,6H2,1-2H3. The highest BCUT2D eigenvalue weighted by atomic mass is 16.5. The molecule has 0 amide bonds. The minimum atomic E-state index is 0.0283. The van der Waals surface area contributed by atoms with E-state index in [4.69, 9.17) is 9.15 Å². The molecule has 1 aromatic carbocycles. The van der Waals surface area contributed by atoms with Crippen molar-refractivity contribution in [1.82, 2.24) is 4.98 Å². The van der Waals surface area contributed by atoms with Gasteiger partial charge in [-0.1, -0.05) is 6.07 Å². The van der Waals surface area contributed by atoms with Gasteiger partial charge in [-0.2, -0.15) is 0 Å². The Labute approximate surface area is 86.9 Å². The second-order valence-electron chi connectivity index (χ2n) is 3.29. The molecule has 4 heteroatoms. The van der Waals surface area contributed by atoms with E-state index in [0.717, 1.165) is 0 Å². The zero-order chi connectivity index (χ0) is 10.8. The molecule has 2 rings (SSSR count). The summed E-state index contributed by atoms with van der Waals surface area (Å²) in [6.07, 6.45) is 0.220. The number of nitrogens with zero attached hydrogens (tertiary/aromatic N) is 1. The Balaban J connectivity index is 2.50. The minimum Gasteiger partial charge on any atom is -0.493 e. The van der Waals surface area contributed by atoms with Crippen LogP contribution in [0.5, 0.6) is 5.75 Å². The number of methoxy groups -OCH3 is 1. The third-order valence-electron chi connectivity index (χ3n) is 2.04. The van der Waals surface area contributed by atoms with Gasteiger partial charge in [0, 0.05) is 0 Å². The number of hydrogen-bond donors (Lipinski definition) is 0. The number of para-hydroxylation sites is 1. The van der Waals surface area contributed by atoms with Crippen LogP contribution in [0.25, 0.3) is 11.1 Å². The van der Waals surface area contributed by atoms with Gasteiger partial charge in [0.2, 0.25) is 5.89 Å². The van der Waals surface area contributed by atoms with E-state index in [1.165, 1.54) is 6.92 Å². The van der Waals surface area contributed by atoms with Gasteiger partial charge >= 0.3 is 0 Å². The lowest BCUT2D eigenvalue weighted by molar-refractivity contribution is -0.116. The molecule has 0 unspecified atom stereocenters. The van der Waals surface area contributed by atoms with Crippen molar-refractivity contribution >= 4 is 16.9 Å². The van der Waals surface area contributed by atoms with Crippen molar-refractivity contribution in [2.45, 2.75) is 13.3 Å². The van der Waals surface area contributed by atoms with E-state index in [1.807, 2.05) is 12.1 Å². The zero-order valence-electron chi connectivity index (χ0n) is 8.61. The van der Waals surface area contributed by atoms with Gasteiger partial charge in [0.15, 0.2) is 11.3 Å². The molecule has 0 fully saturated rings. The first kappa shape index (κ1) is 9.71. The second-order valence-corrected chi connectivity index (χ2v) is 3.29. The number of hydrogen-bond acceptors (Lipinski definition) is 4. The molecule has 0 aliphatic carbocycles. The number of ketones is 1. The molecule has 0 bridgehead atoms. The number of rotatable bonds is 3. The average molecular weight is 205 g/mol. The third kappa shape index (κ3) is 1.83. The van der Waals surface area contributed by atoms with Gasteiger partial charge in [0.1, 0.15) is 11.3 Å². The van der Waals surface area contributed by atoms with Crippen molar-refractivity contribution in [2.24, 2.45) is 0 Å². The predicted octanol–water partition coefficient (Wildman–Crippen LogP) is 1.97. The number of ether oxygens (including phenoxy) is 1. The first-order valence-electron chi connectivity index (χ1n) is 4.62. The number of carbonyl (C=O) groups is 1. The van der Waals surface area contributed by atoms with Gasteiger partial charge in [0.25, 0.3) is 0 Å². The van der Waals surface area contributed by atoms with Crippen LogP contribution in [0.4, 0.5) is 0 Å². The lowest BCUT2D eigenvalue weighted by atomic mass is 10.3. The Morgan fingerprint density at radius 3 is 3.00 bits per heavy atom. The quantitative estimate of drug-likeness (QED) is 0.768. The van der Waals surface area contributed by atoms with Crippen LogP contribution in [0, 0.1) is 0 Å². The van der Waals surface area contributed by atoms with E-state index in [2.05, 4.69) is 4.98 Å². The molecule has 78 valence electrons. The van der Waals surface area contributed by atoms with Crippen LogP contribution in [-0.4, -0.2) is 17.9 Å². The zero-order valence-corrected chi connectivity index (χ0v) is 8.61. The van der Waals surface area contributed by atoms with Crippen molar-refractivity contribution in [2.75, 3.05) is 7.11 Å². The molecular formula is C11H11NO3. The maximum atomic E-state index is 10.9. The normalized spacial score (nSPS) is 10.5. The van der Waals surface area contributed by atoms with Crippen molar-refractivity contribution < 1.29 is 13.9 Å². The van der Waals surface area contributed by atoms with E-state index >= 15 is 0 Å². The molecule has 0 N–H and O–H groups in total. The summed E-state index contributed by atoms with van der Waals surface area (Å²) in [7, 11) is 1.57. The molecule has 0 aliphatic heterocycles. The third-order valence-corrected chi connectivity index (χ3v) is 2.04. The van der Waals surface area contributed by atoms with E-state index in [0.29, 0.717) is 22.7 Å². The SMILES string of the molecule is COc1cccc2nc(CC(C)=O)oc12. The summed E-state index contributed by atoms with van der Waals surface area (Å²) in [5, 5.41) is 0. The monoisotopic (exact) mass is 205 g/mol. The first-order chi connectivity index (χ1) is 7.20. The molecule has 0 radical (unpaired) electrons. The number of benzene rings is 1. The highest BCUT2D eigenvalue weighted by Gasteiger charge is 2.11. The second kappa shape index (κ2) is 3.73. The fourth-order valence-electron chi connectivity index (χ4n) is 1.42. The van der Waals surface area contributed by atoms with Gasteiger partial charge in [0.05, 0.1) is 13.5 Å². The van der Waals surface area contributed by atoms with Crippen molar-refractivity contribution in [3.63, 3.8) is 0 Å². The summed E-state index contributed by atoms with van der Waals surface area (Å²) in [6, 6.07) is 5.46. The Hall–Kier alpha value is -1.84. The summed E-state index contributed by atoms with van der Waals surface area (Å²) in [6.45, 7) is 1.51. The summed E-state index contributed by atoms with van der Waals surface area (Å²) in [5.41, 5.74) is 1.31. The molecule has 0 saturated heterocycles. The lowest BCUT2D eigenvalue weighted by Crippen LogP contribution is -1.95. The molecule has 0 atom stereocenters. The summed E-state index contributed by atoms with van der Waals surface area (Å²) < 4.78 is 10.6. The van der Waals surface area contributed by atoms with Crippen LogP contribution >= 0.6 is 0 Å². The highest BCUT2D eigenvalue weighted by molar-refractivity contribution is 5.81. The van der Waals surface area contributed by atoms with Crippen LogP contribution in [0.15, 0.2) is 22.6 Å². The minimum absolute atomic E-state index is 0.0283. The maximum absolute atomic E-state index is 10.9. The van der Waals surface area contributed by atoms with Gasteiger partial charge in [-0.05, 0) is 19.1 Å². The first-order valence-corrected chi connectivity index (χ1v) is 4.62. The van der Waals surface area contributed by atoms with E-state index in [-0.39, 0.29) is 12.2 Å². The predicted molar refractivity (Wildman–Crippen MR) is 54.9 cm³/mol. The van der Waals surface area contributed by atoms with Crippen LogP contribution in [0.3, 0.4) is 0 Å². The van der Waals surface area contributed by atoms with E-state index in [1.54, 1.807) is 13.2 Å². The topological polar surface area (TPSA) is 52.3 Å². The van der Waals surface area contributed by atoms with Gasteiger partial charge in [-0.15, -0.1) is 0 Å². The van der Waals surface area contributed by atoms with Crippen LogP contribution in [-0.2, 0) is 11.2 Å². The van der Waals surface area contributed by atoms with Crippen molar-refractivity contribution in [3.8, 4) is 5.75 Å². The molecule has 15 heavy (non-hydrogen) atoms. The molecule has 0 saturated carbocycles. The Morgan fingerprint density at radius 2 is 2.33 bits per heavy atom. The molecule has 0 spiro atoms. The Morgan fingerprint density at radius 1 is 1.53 bits per heavy atom. The molecule has 1 heterocycles. The summed E-state index contributed by atoms with van der Waals surface area (Å²) in [5.74, 6) is 1.09. The van der Waals surface area contributed by atoms with Gasteiger partial charge in [-0.25, -0.2) is 4.98 Å². The molecular weight excluding hydrogens is 194 g/mol. The van der Waals surface area contributed by atoms with Crippen molar-refractivity contribution in [1.29, 1.82) is 0 Å². The fraction of sp³-hybridized carbons (Fsp3) is 0.273. The summed E-state index contributed by atoms with van der Waals surface area (Å²) >= 11 is 0. The molecule has 1 aromatic heterocycles. The largest absolute Gasteiger partial charge is 0.493 e. The number of carbonyl (C=O) groups excluding carboxylic acids is 1. The number of fused-ring (bicyclic) bond motifs is 1. The number of aromatic nitrogens is 1. The smallest absolute Gasteiger partial charge is 0.203 e. The van der Waals surface area contributed by atoms with Gasteiger partial charge in [-0.3, -0.25) is 4.79 Å². The molecule has 2 aromatic rings. The average Bonchev–Trinajstić information content (AvgIpc) is 2.58. The fourth-order valence-corrected chi connectivity index (χ4v) is 1.42. The Kier molecular flexibility index (Phi) is 2.41. The molecule has 0 aliphatic rings. The summed E-state index contributed by atoms with van der Waals surface area (Å²) in [4.78, 5) is 15.1. The van der Waals surface area contributed by atoms with Crippen LogP contribution in [0.2, 0.25) is 0 Å². The number of oxazole rings is 1. The number of Topliss-reactive ketones (excluding diaryl/α,β-unsaturated/α-hetero) is 1. The maximum Gasteiger partial charge on any atom is 0.203 e. The van der Waals surface area contributed by atoms with Crippen molar-refractivity contribution in [3.05, 3.63) is 24.1 Å². The van der Waals surface area contributed by atoms with Crippen LogP contribution < -0.4 is 4.74 Å². The Bertz CT molecular complexity index is 502. The lowest BCUT2D eigenvalue weighted by Gasteiger charge is -1.97. The molecule has 4 nitrogen and oxygen atoms in total. The van der Waals surface area contributed by atoms with E-state index in [9.17, 15) is 4.79 Å². The van der Waals surface area contributed by atoms with E-state index < -0.39 is 0 Å². The highest BCUT2D eigenvalue weighted by Crippen LogP contribution is 2.25. The van der Waals surface area contributed by atoms with Crippen LogP contribution in [0.1, 0.15) is 12.8 Å². The van der Waals surface area contributed by atoms with Gasteiger partial charge < -0.3 is 9.15 Å².